The van der Waals surface area contributed by atoms with Crippen molar-refractivity contribution in [3.05, 3.63) is 47.8 Å². The molecular formula is C24H29ClF2N6. The average molecular weight is 475 g/mol. The van der Waals surface area contributed by atoms with Crippen LogP contribution >= 0.6 is 12.4 Å². The van der Waals surface area contributed by atoms with Crippen molar-refractivity contribution >= 4 is 18.2 Å². The summed E-state index contributed by atoms with van der Waals surface area (Å²) in [4.78, 5) is 2.34. The first kappa shape index (κ1) is 23.6. The van der Waals surface area contributed by atoms with Crippen LogP contribution in [0, 0.1) is 11.6 Å². The molecule has 0 spiro atoms. The first-order chi connectivity index (χ1) is 15.1. The normalized spacial score (nSPS) is 19.3. The number of benzene rings is 1. The van der Waals surface area contributed by atoms with E-state index in [9.17, 15) is 8.78 Å². The SMILES string of the molecule is CC1(C)CC(N2CCc3cc(-c4ccc(-c5cn[nH]c5)c(F)c4F)nnc32)CC(C)(C)N1.Cl. The van der Waals surface area contributed by atoms with Crippen molar-refractivity contribution in [2.45, 2.75) is 64.1 Å². The second kappa shape index (κ2) is 8.33. The van der Waals surface area contributed by atoms with Crippen LogP contribution in [0.4, 0.5) is 14.6 Å². The fourth-order valence-corrected chi connectivity index (χ4v) is 5.54. The van der Waals surface area contributed by atoms with Crippen LogP contribution in [0.25, 0.3) is 22.4 Å². The van der Waals surface area contributed by atoms with E-state index in [1.807, 2.05) is 6.07 Å². The van der Waals surface area contributed by atoms with Gasteiger partial charge in [0.25, 0.3) is 0 Å². The van der Waals surface area contributed by atoms with Crippen LogP contribution in [0.3, 0.4) is 0 Å². The summed E-state index contributed by atoms with van der Waals surface area (Å²) in [6.45, 7) is 9.79. The van der Waals surface area contributed by atoms with Gasteiger partial charge in [0.2, 0.25) is 0 Å². The van der Waals surface area contributed by atoms with Crippen molar-refractivity contribution in [1.82, 2.24) is 25.7 Å². The van der Waals surface area contributed by atoms with E-state index in [4.69, 9.17) is 0 Å². The summed E-state index contributed by atoms with van der Waals surface area (Å²) in [5.74, 6) is -0.968. The first-order valence-corrected chi connectivity index (χ1v) is 11.0. The van der Waals surface area contributed by atoms with E-state index < -0.39 is 11.6 Å². The minimum absolute atomic E-state index is 0. The number of piperidine rings is 1. The average Bonchev–Trinajstić information content (AvgIpc) is 3.37. The topological polar surface area (TPSA) is 69.7 Å². The number of fused-ring (bicyclic) bond motifs is 1. The van der Waals surface area contributed by atoms with Gasteiger partial charge in [-0.05, 0) is 59.1 Å². The summed E-state index contributed by atoms with van der Waals surface area (Å²) in [6, 6.07) is 5.32. The molecule has 33 heavy (non-hydrogen) atoms. The standard InChI is InChI=1S/C24H28F2N6.ClH/c1-23(2)10-16(11-24(3,4)31-23)32-8-7-14-9-19(29-30-22(14)32)18-6-5-17(20(25)21(18)26)15-12-27-28-13-15;/h5-6,9,12-13,16,31H,7-8,10-11H2,1-4H3,(H,27,28);1H. The molecule has 3 aromatic rings. The fraction of sp³-hybridized carbons (Fsp3) is 0.458. The quantitative estimate of drug-likeness (QED) is 0.564. The van der Waals surface area contributed by atoms with Crippen molar-refractivity contribution in [2.24, 2.45) is 0 Å². The van der Waals surface area contributed by atoms with Crippen LogP contribution < -0.4 is 10.2 Å². The Labute approximate surface area is 198 Å². The highest BCUT2D eigenvalue weighted by atomic mass is 35.5. The molecule has 4 heterocycles. The molecular weight excluding hydrogens is 446 g/mol. The van der Waals surface area contributed by atoms with Gasteiger partial charge in [0.1, 0.15) is 0 Å². The van der Waals surface area contributed by atoms with Crippen LogP contribution in [0.5, 0.6) is 0 Å². The third-order valence-electron chi connectivity index (χ3n) is 6.52. The number of halogens is 3. The minimum atomic E-state index is -0.922. The monoisotopic (exact) mass is 474 g/mol. The maximum absolute atomic E-state index is 14.9. The Hall–Kier alpha value is -2.58. The van der Waals surface area contributed by atoms with E-state index in [2.05, 4.69) is 58.3 Å². The largest absolute Gasteiger partial charge is 0.351 e. The number of aromatic nitrogens is 4. The molecule has 0 atom stereocenters. The molecule has 0 bridgehead atoms. The van der Waals surface area contributed by atoms with Gasteiger partial charge in [0, 0.05) is 52.1 Å². The Morgan fingerprint density at radius 3 is 2.33 bits per heavy atom. The molecule has 0 unspecified atom stereocenters. The Balaban J connectivity index is 0.00000259. The third kappa shape index (κ3) is 4.34. The van der Waals surface area contributed by atoms with Gasteiger partial charge >= 0.3 is 0 Å². The van der Waals surface area contributed by atoms with Crippen molar-refractivity contribution in [3.8, 4) is 22.4 Å². The van der Waals surface area contributed by atoms with E-state index >= 15 is 0 Å². The van der Waals surface area contributed by atoms with E-state index in [0.717, 1.165) is 37.2 Å². The summed E-state index contributed by atoms with van der Waals surface area (Å²) in [6.07, 6.45) is 5.83. The Morgan fingerprint density at radius 1 is 1.00 bits per heavy atom. The molecule has 0 saturated carbocycles. The summed E-state index contributed by atoms with van der Waals surface area (Å²) >= 11 is 0. The van der Waals surface area contributed by atoms with E-state index in [1.54, 1.807) is 12.1 Å². The zero-order valence-corrected chi connectivity index (χ0v) is 20.1. The predicted octanol–water partition coefficient (Wildman–Crippen LogP) is 4.91. The smallest absolute Gasteiger partial charge is 0.168 e. The van der Waals surface area contributed by atoms with Gasteiger partial charge in [0.15, 0.2) is 17.5 Å². The molecule has 1 saturated heterocycles. The number of H-pyrrole nitrogens is 1. The van der Waals surface area contributed by atoms with Crippen LogP contribution in [0.1, 0.15) is 46.1 Å². The first-order valence-electron chi connectivity index (χ1n) is 11.0. The Kier molecular flexibility index (Phi) is 5.95. The molecule has 176 valence electrons. The zero-order valence-electron chi connectivity index (χ0n) is 19.2. The van der Waals surface area contributed by atoms with Gasteiger partial charge in [-0.25, -0.2) is 8.78 Å². The lowest BCUT2D eigenvalue weighted by Crippen LogP contribution is -2.62. The molecule has 6 nitrogen and oxygen atoms in total. The second-order valence-corrected chi connectivity index (χ2v) is 10.3. The number of anilines is 1. The van der Waals surface area contributed by atoms with Gasteiger partial charge < -0.3 is 10.2 Å². The highest BCUT2D eigenvalue weighted by Crippen LogP contribution is 2.38. The number of nitrogens with zero attached hydrogens (tertiary/aromatic N) is 4. The van der Waals surface area contributed by atoms with Crippen molar-refractivity contribution < 1.29 is 8.78 Å². The highest BCUT2D eigenvalue weighted by molar-refractivity contribution is 5.85. The molecule has 2 aromatic heterocycles. The van der Waals surface area contributed by atoms with Gasteiger partial charge in [-0.3, -0.25) is 5.10 Å². The summed E-state index contributed by atoms with van der Waals surface area (Å²) in [5.41, 5.74) is 2.22. The van der Waals surface area contributed by atoms with Crippen LogP contribution in [-0.2, 0) is 6.42 Å². The fourth-order valence-electron chi connectivity index (χ4n) is 5.54. The molecule has 2 N–H and O–H groups in total. The van der Waals surface area contributed by atoms with Crippen LogP contribution in [-0.4, -0.2) is 44.1 Å². The molecule has 1 aromatic carbocycles. The van der Waals surface area contributed by atoms with Crippen molar-refractivity contribution in [1.29, 1.82) is 0 Å². The van der Waals surface area contributed by atoms with Gasteiger partial charge in [0.05, 0.1) is 11.9 Å². The summed E-state index contributed by atoms with van der Waals surface area (Å²) in [7, 11) is 0. The molecule has 0 aliphatic carbocycles. The lowest BCUT2D eigenvalue weighted by Gasteiger charge is -2.49. The maximum atomic E-state index is 14.9. The van der Waals surface area contributed by atoms with Crippen molar-refractivity contribution in [3.63, 3.8) is 0 Å². The number of aromatic amines is 1. The molecule has 0 amide bonds. The number of hydrogen-bond acceptors (Lipinski definition) is 5. The molecule has 5 rings (SSSR count). The second-order valence-electron chi connectivity index (χ2n) is 10.3. The molecule has 2 aliphatic heterocycles. The Morgan fingerprint density at radius 2 is 1.67 bits per heavy atom. The third-order valence-corrected chi connectivity index (χ3v) is 6.52. The van der Waals surface area contributed by atoms with Crippen LogP contribution in [0.2, 0.25) is 0 Å². The number of hydrogen-bond donors (Lipinski definition) is 2. The molecule has 9 heteroatoms. The molecule has 2 aliphatic rings. The molecule has 0 radical (unpaired) electrons. The zero-order chi connectivity index (χ0) is 22.7. The van der Waals surface area contributed by atoms with Gasteiger partial charge in [-0.1, -0.05) is 6.07 Å². The highest BCUT2D eigenvalue weighted by Gasteiger charge is 2.42. The van der Waals surface area contributed by atoms with Gasteiger partial charge in [-0.2, -0.15) is 5.10 Å². The Bertz CT molecular complexity index is 1150. The minimum Gasteiger partial charge on any atom is -0.351 e. The summed E-state index contributed by atoms with van der Waals surface area (Å²) < 4.78 is 29.7. The van der Waals surface area contributed by atoms with Crippen molar-refractivity contribution in [2.75, 3.05) is 11.4 Å². The maximum Gasteiger partial charge on any atom is 0.168 e. The lowest BCUT2D eigenvalue weighted by atomic mass is 9.79. The number of nitrogens with one attached hydrogen (secondary N) is 2. The van der Waals surface area contributed by atoms with E-state index in [1.165, 1.54) is 12.4 Å². The van der Waals surface area contributed by atoms with Gasteiger partial charge in [-0.15, -0.1) is 22.6 Å². The molecule has 1 fully saturated rings. The number of rotatable bonds is 3. The van der Waals surface area contributed by atoms with Crippen LogP contribution in [0.15, 0.2) is 30.6 Å². The lowest BCUT2D eigenvalue weighted by molar-refractivity contribution is 0.159. The predicted molar refractivity (Wildman–Crippen MR) is 128 cm³/mol. The van der Waals surface area contributed by atoms with E-state index in [0.29, 0.717) is 17.3 Å². The summed E-state index contributed by atoms with van der Waals surface area (Å²) in [5, 5.41) is 18.9. The van der Waals surface area contributed by atoms with E-state index in [-0.39, 0.29) is 34.6 Å².